The van der Waals surface area contributed by atoms with Crippen LogP contribution < -0.4 is 0 Å². The Morgan fingerprint density at radius 2 is 1.30 bits per heavy atom. The maximum absolute atomic E-state index is 2.08. The van der Waals surface area contributed by atoms with Gasteiger partial charge in [0, 0.05) is 0 Å². The van der Waals surface area contributed by atoms with E-state index in [4.69, 9.17) is 0 Å². The molecule has 0 aliphatic rings. The first-order valence-corrected chi connectivity index (χ1v) is 2.41. The number of hydrogen-bond acceptors (Lipinski definition) is 0. The van der Waals surface area contributed by atoms with Crippen molar-refractivity contribution in [2.24, 2.45) is 0 Å². The van der Waals surface area contributed by atoms with Gasteiger partial charge in [0.15, 0.2) is 0 Å². The third kappa shape index (κ3) is 6.46. The second-order valence-electron chi connectivity index (χ2n) is 1.65. The molecule has 0 saturated carbocycles. The van der Waals surface area contributed by atoms with Crippen molar-refractivity contribution in [2.45, 2.75) is 6.92 Å². The first-order valence-electron chi connectivity index (χ1n) is 2.41. The molecule has 0 radical (unpaired) electrons. The Labute approximate surface area is 85.2 Å². The summed E-state index contributed by atoms with van der Waals surface area (Å²) in [7, 11) is 0. The normalized spacial score (nSPS) is 6.10. The molecule has 0 fully saturated rings. The standard InChI is InChI=1S/C7H8.2ClH.GeH4/c1-7-5-3-2-4-6-7;;;/h2-6H,1H3;2*1H;1H4. The maximum atomic E-state index is 2.08. The van der Waals surface area contributed by atoms with Crippen LogP contribution in [0.5, 0.6) is 0 Å². The summed E-state index contributed by atoms with van der Waals surface area (Å²) in [6, 6.07) is 10.3. The summed E-state index contributed by atoms with van der Waals surface area (Å²) in [5, 5.41) is 0. The zero-order chi connectivity index (χ0) is 5.11. The zero-order valence-electron chi connectivity index (χ0n) is 5.20. The van der Waals surface area contributed by atoms with Gasteiger partial charge in [0.05, 0.1) is 0 Å². The van der Waals surface area contributed by atoms with Gasteiger partial charge >= 0.3 is 17.6 Å². The van der Waals surface area contributed by atoms with Crippen LogP contribution >= 0.6 is 24.8 Å². The predicted molar refractivity (Wildman–Crippen MR) is 57.0 cm³/mol. The van der Waals surface area contributed by atoms with Gasteiger partial charge in [-0.15, -0.1) is 24.8 Å². The summed E-state index contributed by atoms with van der Waals surface area (Å²) >= 11 is 0. The van der Waals surface area contributed by atoms with Crippen LogP contribution in [0.15, 0.2) is 30.3 Å². The Kier molecular flexibility index (Phi) is 15.6. The van der Waals surface area contributed by atoms with Crippen LogP contribution in [-0.2, 0) is 0 Å². The second kappa shape index (κ2) is 9.34. The molecule has 0 heterocycles. The van der Waals surface area contributed by atoms with E-state index in [0.29, 0.717) is 0 Å². The fourth-order valence-corrected chi connectivity index (χ4v) is 0.534. The first-order chi connectivity index (χ1) is 3.39. The van der Waals surface area contributed by atoms with Gasteiger partial charge in [-0.1, -0.05) is 35.9 Å². The average molecular weight is 242 g/mol. The third-order valence-corrected chi connectivity index (χ3v) is 0.940. The summed E-state index contributed by atoms with van der Waals surface area (Å²) in [6.45, 7) is 2.08. The Balaban J connectivity index is -0.000000163. The molecular weight excluding hydrogens is 228 g/mol. The molecule has 0 unspecified atom stereocenters. The average Bonchev–Trinajstić information content (AvgIpc) is 1.69. The molecule has 0 atom stereocenters. The molecule has 0 spiro atoms. The number of rotatable bonds is 0. The fraction of sp³-hybridized carbons (Fsp3) is 0.143. The van der Waals surface area contributed by atoms with Gasteiger partial charge < -0.3 is 0 Å². The molecule has 0 aliphatic heterocycles. The van der Waals surface area contributed by atoms with Gasteiger partial charge in [0.25, 0.3) is 0 Å². The van der Waals surface area contributed by atoms with Crippen LogP contribution in [0, 0.1) is 6.92 Å². The van der Waals surface area contributed by atoms with Crippen LogP contribution in [0.25, 0.3) is 0 Å². The molecule has 0 N–H and O–H groups in total. The molecule has 0 saturated heterocycles. The molecule has 10 heavy (non-hydrogen) atoms. The molecule has 0 bridgehead atoms. The molecule has 3 heteroatoms. The first kappa shape index (κ1) is 16.7. The van der Waals surface area contributed by atoms with Crippen LogP contribution in [0.3, 0.4) is 0 Å². The van der Waals surface area contributed by atoms with Crippen molar-refractivity contribution in [2.75, 3.05) is 0 Å². The van der Waals surface area contributed by atoms with E-state index in [1.54, 1.807) is 0 Å². The van der Waals surface area contributed by atoms with E-state index in [2.05, 4.69) is 19.1 Å². The molecule has 0 aliphatic carbocycles. The molecule has 0 aromatic heterocycles. The van der Waals surface area contributed by atoms with Crippen molar-refractivity contribution < 1.29 is 0 Å². The number of aryl methyl sites for hydroxylation is 1. The molecule has 1 rings (SSSR count). The van der Waals surface area contributed by atoms with Crippen molar-refractivity contribution in [3.8, 4) is 0 Å². The summed E-state index contributed by atoms with van der Waals surface area (Å²) in [5.41, 5.74) is 1.32. The number of hydrogen-bond donors (Lipinski definition) is 0. The number of benzene rings is 1. The third-order valence-electron chi connectivity index (χ3n) is 0.940. The minimum absolute atomic E-state index is 0. The van der Waals surface area contributed by atoms with E-state index in [1.165, 1.54) is 5.56 Å². The molecule has 60 valence electrons. The van der Waals surface area contributed by atoms with Gasteiger partial charge in [0.2, 0.25) is 0 Å². The van der Waals surface area contributed by atoms with Crippen LogP contribution in [0.1, 0.15) is 5.56 Å². The molecule has 0 nitrogen and oxygen atoms in total. The number of halogens is 2. The fourth-order valence-electron chi connectivity index (χ4n) is 0.534. The van der Waals surface area contributed by atoms with Crippen LogP contribution in [0.4, 0.5) is 0 Å². The van der Waals surface area contributed by atoms with E-state index in [-0.39, 0.29) is 42.4 Å². The Morgan fingerprint density at radius 1 is 0.900 bits per heavy atom. The molecule has 0 amide bonds. The van der Waals surface area contributed by atoms with Crippen molar-refractivity contribution in [1.82, 2.24) is 0 Å². The molecule has 1 aromatic rings. The van der Waals surface area contributed by atoms with Crippen molar-refractivity contribution in [1.29, 1.82) is 0 Å². The Hall–Kier alpha value is 0.343. The van der Waals surface area contributed by atoms with Gasteiger partial charge in [-0.25, -0.2) is 0 Å². The van der Waals surface area contributed by atoms with Gasteiger partial charge in [-0.3, -0.25) is 0 Å². The van der Waals surface area contributed by atoms with E-state index in [0.717, 1.165) is 0 Å². The SMILES string of the molecule is Cc1ccccc1.Cl.Cl.[GeH4]. The quantitative estimate of drug-likeness (QED) is 0.603. The van der Waals surface area contributed by atoms with E-state index >= 15 is 0 Å². The van der Waals surface area contributed by atoms with Crippen LogP contribution in [0.2, 0.25) is 0 Å². The van der Waals surface area contributed by atoms with Crippen molar-refractivity contribution in [3.05, 3.63) is 35.9 Å². The summed E-state index contributed by atoms with van der Waals surface area (Å²) in [5.74, 6) is 0. The van der Waals surface area contributed by atoms with E-state index < -0.39 is 0 Å². The second-order valence-corrected chi connectivity index (χ2v) is 1.65. The minimum atomic E-state index is 0. The Bertz CT molecular complexity index is 142. The Morgan fingerprint density at radius 3 is 1.50 bits per heavy atom. The summed E-state index contributed by atoms with van der Waals surface area (Å²) < 4.78 is 0. The molecular formula is C7H14Cl2Ge. The summed E-state index contributed by atoms with van der Waals surface area (Å²) in [4.78, 5) is 0. The van der Waals surface area contributed by atoms with Crippen molar-refractivity contribution >= 4 is 42.4 Å². The topological polar surface area (TPSA) is 0 Å². The predicted octanol–water partition coefficient (Wildman–Crippen LogP) is 1.39. The monoisotopic (exact) mass is 242 g/mol. The van der Waals surface area contributed by atoms with Crippen molar-refractivity contribution in [3.63, 3.8) is 0 Å². The van der Waals surface area contributed by atoms with Gasteiger partial charge in [-0.05, 0) is 6.92 Å². The molecule has 1 aromatic carbocycles. The van der Waals surface area contributed by atoms with E-state index in [1.807, 2.05) is 18.2 Å². The zero-order valence-corrected chi connectivity index (χ0v) is 6.84. The summed E-state index contributed by atoms with van der Waals surface area (Å²) in [6.07, 6.45) is 0. The van der Waals surface area contributed by atoms with Gasteiger partial charge in [0.1, 0.15) is 0 Å². The van der Waals surface area contributed by atoms with E-state index in [9.17, 15) is 0 Å². The van der Waals surface area contributed by atoms with Crippen LogP contribution in [-0.4, -0.2) is 17.6 Å². The van der Waals surface area contributed by atoms with Gasteiger partial charge in [-0.2, -0.15) is 0 Å².